The molecule has 1 fully saturated rings. The Kier molecular flexibility index (Phi) is 3.11. The number of pyridine rings is 1. The Morgan fingerprint density at radius 3 is 2.62 bits per heavy atom. The molecule has 6 heteroatoms. The number of rotatable bonds is 3. The van der Waals surface area contributed by atoms with Crippen LogP contribution in [-0.2, 0) is 5.75 Å². The van der Waals surface area contributed by atoms with Crippen molar-refractivity contribution in [1.82, 2.24) is 26.9 Å². The van der Waals surface area contributed by atoms with Gasteiger partial charge in [-0.05, 0) is 17.7 Å². The molecule has 0 aliphatic carbocycles. The van der Waals surface area contributed by atoms with E-state index in [0.717, 1.165) is 5.75 Å². The van der Waals surface area contributed by atoms with Gasteiger partial charge in [0, 0.05) is 18.1 Å². The van der Waals surface area contributed by atoms with E-state index in [9.17, 15) is 0 Å². The standard InChI is InChI=1S/C7H11N5S/c1-3-8-4-2-6(1)5-13-7-9-11-12-10-7/h1-4,7,9-12H,5H2. The molecule has 0 atom stereocenters. The van der Waals surface area contributed by atoms with Crippen molar-refractivity contribution in [3.05, 3.63) is 30.1 Å². The second-order valence-electron chi connectivity index (χ2n) is 2.59. The van der Waals surface area contributed by atoms with E-state index in [2.05, 4.69) is 26.9 Å². The third-order valence-electron chi connectivity index (χ3n) is 1.64. The molecule has 5 nitrogen and oxygen atoms in total. The zero-order valence-corrected chi connectivity index (χ0v) is 7.77. The van der Waals surface area contributed by atoms with Crippen LogP contribution in [0.2, 0.25) is 0 Å². The average molecular weight is 197 g/mol. The Labute approximate surface area is 80.6 Å². The van der Waals surface area contributed by atoms with Gasteiger partial charge in [-0.3, -0.25) is 4.98 Å². The van der Waals surface area contributed by atoms with Gasteiger partial charge in [0.15, 0.2) is 0 Å². The van der Waals surface area contributed by atoms with E-state index in [1.54, 1.807) is 11.8 Å². The molecule has 1 aromatic rings. The summed E-state index contributed by atoms with van der Waals surface area (Å²) in [6.07, 6.45) is 3.61. The quantitative estimate of drug-likeness (QED) is 0.534. The highest BCUT2D eigenvalue weighted by atomic mass is 32.2. The molecule has 0 spiro atoms. The summed E-state index contributed by atoms with van der Waals surface area (Å²) in [7, 11) is 0. The maximum absolute atomic E-state index is 3.96. The lowest BCUT2D eigenvalue weighted by molar-refractivity contribution is 0.556. The van der Waals surface area contributed by atoms with Gasteiger partial charge >= 0.3 is 0 Å². The maximum Gasteiger partial charge on any atom is 0.133 e. The van der Waals surface area contributed by atoms with Crippen molar-refractivity contribution in [2.24, 2.45) is 0 Å². The molecule has 0 saturated carbocycles. The fourth-order valence-electron chi connectivity index (χ4n) is 0.981. The minimum absolute atomic E-state index is 0.202. The molecule has 1 aromatic heterocycles. The maximum atomic E-state index is 3.96. The molecule has 1 aliphatic rings. The fourth-order valence-corrected chi connectivity index (χ4v) is 1.82. The molecule has 0 unspecified atom stereocenters. The van der Waals surface area contributed by atoms with Crippen LogP contribution < -0.4 is 21.9 Å². The van der Waals surface area contributed by atoms with Crippen molar-refractivity contribution in [2.75, 3.05) is 0 Å². The summed E-state index contributed by atoms with van der Waals surface area (Å²) in [6, 6.07) is 4.03. The molecule has 0 aromatic carbocycles. The highest BCUT2D eigenvalue weighted by molar-refractivity contribution is 7.99. The largest absolute Gasteiger partial charge is 0.265 e. The van der Waals surface area contributed by atoms with Gasteiger partial charge in [-0.2, -0.15) is 11.1 Å². The first kappa shape index (κ1) is 8.92. The Balaban J connectivity index is 1.79. The number of nitrogens with one attached hydrogen (secondary N) is 4. The second-order valence-corrected chi connectivity index (χ2v) is 3.68. The van der Waals surface area contributed by atoms with Crippen LogP contribution in [-0.4, -0.2) is 10.5 Å². The minimum Gasteiger partial charge on any atom is -0.265 e. The average Bonchev–Trinajstić information content (AvgIpc) is 2.69. The van der Waals surface area contributed by atoms with Gasteiger partial charge < -0.3 is 0 Å². The summed E-state index contributed by atoms with van der Waals surface area (Å²) in [6.45, 7) is 0. The lowest BCUT2D eigenvalue weighted by atomic mass is 10.3. The lowest BCUT2D eigenvalue weighted by Crippen LogP contribution is -2.33. The van der Waals surface area contributed by atoms with Crippen molar-refractivity contribution in [3.63, 3.8) is 0 Å². The smallest absolute Gasteiger partial charge is 0.133 e. The first-order chi connectivity index (χ1) is 6.45. The molecular weight excluding hydrogens is 186 g/mol. The summed E-state index contributed by atoms with van der Waals surface area (Å²) in [5.41, 5.74) is 13.0. The molecule has 0 radical (unpaired) electrons. The van der Waals surface area contributed by atoms with Gasteiger partial charge in [0.2, 0.25) is 0 Å². The Morgan fingerprint density at radius 2 is 1.92 bits per heavy atom. The van der Waals surface area contributed by atoms with Crippen molar-refractivity contribution in [3.8, 4) is 0 Å². The topological polar surface area (TPSA) is 61.0 Å². The van der Waals surface area contributed by atoms with Gasteiger partial charge in [0.05, 0.1) is 0 Å². The SMILES string of the molecule is c1cc(CSC2NNNN2)ccn1. The number of nitrogens with zero attached hydrogens (tertiary/aromatic N) is 1. The summed E-state index contributed by atoms with van der Waals surface area (Å²) in [4.78, 5) is 3.96. The van der Waals surface area contributed by atoms with Crippen LogP contribution in [0.4, 0.5) is 0 Å². The van der Waals surface area contributed by atoms with Crippen molar-refractivity contribution in [1.29, 1.82) is 0 Å². The number of hydrogen-bond donors (Lipinski definition) is 4. The highest BCUT2D eigenvalue weighted by Crippen LogP contribution is 2.13. The number of hydrazine groups is 3. The highest BCUT2D eigenvalue weighted by Gasteiger charge is 2.11. The third-order valence-corrected chi connectivity index (χ3v) is 2.70. The number of hydrogen-bond acceptors (Lipinski definition) is 6. The van der Waals surface area contributed by atoms with Crippen molar-refractivity contribution in [2.45, 2.75) is 11.3 Å². The Morgan fingerprint density at radius 1 is 1.23 bits per heavy atom. The monoisotopic (exact) mass is 197 g/mol. The summed E-state index contributed by atoms with van der Waals surface area (Å²) < 4.78 is 0. The Bertz CT molecular complexity index is 248. The molecule has 1 saturated heterocycles. The van der Waals surface area contributed by atoms with E-state index in [1.165, 1.54) is 5.56 Å². The van der Waals surface area contributed by atoms with Crippen molar-refractivity contribution >= 4 is 11.8 Å². The molecule has 13 heavy (non-hydrogen) atoms. The van der Waals surface area contributed by atoms with E-state index in [0.29, 0.717) is 0 Å². The zero-order chi connectivity index (χ0) is 8.93. The number of aromatic nitrogens is 1. The molecule has 70 valence electrons. The first-order valence-electron chi connectivity index (χ1n) is 3.97. The van der Waals surface area contributed by atoms with E-state index in [4.69, 9.17) is 0 Å². The molecule has 2 rings (SSSR count). The molecule has 2 heterocycles. The minimum atomic E-state index is 0.202. The van der Waals surface area contributed by atoms with Gasteiger partial charge in [-0.25, -0.2) is 10.9 Å². The van der Waals surface area contributed by atoms with Crippen LogP contribution in [0.5, 0.6) is 0 Å². The normalized spacial score (nSPS) is 17.8. The van der Waals surface area contributed by atoms with Crippen LogP contribution in [0.3, 0.4) is 0 Å². The summed E-state index contributed by atoms with van der Waals surface area (Å²) in [5, 5.41) is 0. The van der Waals surface area contributed by atoms with E-state index < -0.39 is 0 Å². The van der Waals surface area contributed by atoms with Gasteiger partial charge in [-0.15, -0.1) is 11.8 Å². The first-order valence-corrected chi connectivity index (χ1v) is 5.01. The van der Waals surface area contributed by atoms with Gasteiger partial charge in [-0.1, -0.05) is 0 Å². The second kappa shape index (κ2) is 4.54. The van der Waals surface area contributed by atoms with Crippen LogP contribution in [0, 0.1) is 0 Å². The molecule has 0 amide bonds. The summed E-state index contributed by atoms with van der Waals surface area (Å²) in [5.74, 6) is 0.955. The van der Waals surface area contributed by atoms with Crippen LogP contribution in [0.25, 0.3) is 0 Å². The molecule has 0 bridgehead atoms. The Hall–Kier alpha value is -0.660. The number of thioether (sulfide) groups is 1. The third kappa shape index (κ3) is 2.64. The van der Waals surface area contributed by atoms with Crippen LogP contribution in [0.1, 0.15) is 5.56 Å². The van der Waals surface area contributed by atoms with Crippen LogP contribution >= 0.6 is 11.8 Å². The van der Waals surface area contributed by atoms with E-state index >= 15 is 0 Å². The van der Waals surface area contributed by atoms with E-state index in [-0.39, 0.29) is 5.50 Å². The predicted octanol–water partition coefficient (Wildman–Crippen LogP) is -0.285. The fraction of sp³-hybridized carbons (Fsp3) is 0.286. The predicted molar refractivity (Wildman–Crippen MR) is 51.9 cm³/mol. The summed E-state index contributed by atoms with van der Waals surface area (Å²) >= 11 is 1.76. The zero-order valence-electron chi connectivity index (χ0n) is 6.95. The van der Waals surface area contributed by atoms with Gasteiger partial charge in [0.25, 0.3) is 0 Å². The lowest BCUT2D eigenvalue weighted by Gasteiger charge is -2.07. The van der Waals surface area contributed by atoms with E-state index in [1.807, 2.05) is 24.5 Å². The molecule has 1 aliphatic heterocycles. The molecular formula is C7H11N5S. The molecule has 4 N–H and O–H groups in total. The van der Waals surface area contributed by atoms with Gasteiger partial charge in [0.1, 0.15) is 5.50 Å². The van der Waals surface area contributed by atoms with Crippen LogP contribution in [0.15, 0.2) is 24.5 Å². The van der Waals surface area contributed by atoms with Crippen molar-refractivity contribution < 1.29 is 0 Å².